The summed E-state index contributed by atoms with van der Waals surface area (Å²) in [7, 11) is 0. The van der Waals surface area contributed by atoms with Gasteiger partial charge in [-0.25, -0.2) is 0 Å². The Morgan fingerprint density at radius 1 is 1.45 bits per heavy atom. The number of benzene rings is 1. The number of carbonyl (C=O) groups is 1. The van der Waals surface area contributed by atoms with E-state index in [1.165, 1.54) is 18.2 Å². The molecule has 0 bridgehead atoms. The second kappa shape index (κ2) is 8.50. The molecule has 0 saturated heterocycles. The second-order valence-electron chi connectivity index (χ2n) is 4.11. The van der Waals surface area contributed by atoms with Crippen molar-refractivity contribution in [3.05, 3.63) is 38.9 Å². The zero-order valence-corrected chi connectivity index (χ0v) is 12.0. The monoisotopic (exact) mass is 300 g/mol. The number of unbranched alkanes of at least 4 members (excludes halogenated alkanes) is 1. The highest BCUT2D eigenvalue weighted by molar-refractivity contribution is 6.33. The van der Waals surface area contributed by atoms with Crippen LogP contribution in [0.5, 0.6) is 0 Å². The number of nitro groups is 1. The van der Waals surface area contributed by atoms with Crippen LogP contribution in [0.2, 0.25) is 5.02 Å². The van der Waals surface area contributed by atoms with E-state index in [0.717, 1.165) is 12.8 Å². The highest BCUT2D eigenvalue weighted by atomic mass is 35.5. The third kappa shape index (κ3) is 4.79. The maximum absolute atomic E-state index is 11.9. The van der Waals surface area contributed by atoms with Crippen molar-refractivity contribution in [2.75, 3.05) is 19.8 Å². The van der Waals surface area contributed by atoms with Crippen molar-refractivity contribution in [3.63, 3.8) is 0 Å². The highest BCUT2D eigenvalue weighted by Crippen LogP contribution is 2.27. The van der Waals surface area contributed by atoms with Gasteiger partial charge in [0, 0.05) is 13.2 Å². The van der Waals surface area contributed by atoms with Crippen LogP contribution in [0.1, 0.15) is 30.1 Å². The lowest BCUT2D eigenvalue weighted by Gasteiger charge is -2.07. The molecule has 1 aromatic carbocycles. The van der Waals surface area contributed by atoms with Gasteiger partial charge in [-0.15, -0.1) is 0 Å². The molecule has 0 spiro atoms. The van der Waals surface area contributed by atoms with Crippen LogP contribution in [-0.2, 0) is 4.74 Å². The topological polar surface area (TPSA) is 81.5 Å². The van der Waals surface area contributed by atoms with Crippen LogP contribution in [0.25, 0.3) is 0 Å². The molecule has 1 aromatic rings. The number of halogens is 1. The number of hydrogen-bond donors (Lipinski definition) is 1. The number of nitrogens with zero attached hydrogens (tertiary/aromatic N) is 1. The molecule has 20 heavy (non-hydrogen) atoms. The molecule has 110 valence electrons. The predicted octanol–water partition coefficient (Wildman–Crippen LogP) is 2.79. The number of amides is 1. The third-order valence-corrected chi connectivity index (χ3v) is 2.89. The van der Waals surface area contributed by atoms with Crippen molar-refractivity contribution in [1.29, 1.82) is 0 Å². The number of rotatable bonds is 8. The number of nitrogens with one attached hydrogen (secondary N) is 1. The van der Waals surface area contributed by atoms with E-state index in [2.05, 4.69) is 12.2 Å². The average Bonchev–Trinajstić information content (AvgIpc) is 2.41. The molecular formula is C13H17ClN2O4. The van der Waals surface area contributed by atoms with Gasteiger partial charge in [-0.2, -0.15) is 0 Å². The Hall–Kier alpha value is -1.66. The summed E-state index contributed by atoms with van der Waals surface area (Å²) in [6.45, 7) is 3.37. The van der Waals surface area contributed by atoms with Crippen LogP contribution in [0.3, 0.4) is 0 Å². The Kier molecular flexibility index (Phi) is 6.97. The van der Waals surface area contributed by atoms with Gasteiger partial charge in [0.05, 0.1) is 11.5 Å². The summed E-state index contributed by atoms with van der Waals surface area (Å²) in [6, 6.07) is 4.25. The summed E-state index contributed by atoms with van der Waals surface area (Å²) in [6.07, 6.45) is 2.01. The van der Waals surface area contributed by atoms with E-state index in [0.29, 0.717) is 19.8 Å². The van der Waals surface area contributed by atoms with Gasteiger partial charge in [0.15, 0.2) is 0 Å². The van der Waals surface area contributed by atoms with Gasteiger partial charge < -0.3 is 10.1 Å². The molecule has 1 amide bonds. The van der Waals surface area contributed by atoms with Gasteiger partial charge in [0.2, 0.25) is 0 Å². The fourth-order valence-electron chi connectivity index (χ4n) is 1.56. The molecule has 6 nitrogen and oxygen atoms in total. The van der Waals surface area contributed by atoms with Gasteiger partial charge in [-0.3, -0.25) is 14.9 Å². The fourth-order valence-corrected chi connectivity index (χ4v) is 1.81. The second-order valence-corrected chi connectivity index (χ2v) is 4.52. The summed E-state index contributed by atoms with van der Waals surface area (Å²) in [5, 5.41) is 13.4. The Morgan fingerprint density at radius 3 is 2.85 bits per heavy atom. The van der Waals surface area contributed by atoms with E-state index >= 15 is 0 Å². The molecule has 0 aliphatic heterocycles. The summed E-state index contributed by atoms with van der Waals surface area (Å²) in [4.78, 5) is 22.1. The molecule has 0 unspecified atom stereocenters. The standard InChI is InChI=1S/C13H17ClN2O4/c1-2-3-8-20-9-7-15-13(17)10-5-4-6-11(14)12(10)16(18)19/h4-6H,2-3,7-9H2,1H3,(H,15,17). The van der Waals surface area contributed by atoms with Gasteiger partial charge in [0.1, 0.15) is 10.6 Å². The van der Waals surface area contributed by atoms with Crippen molar-refractivity contribution in [2.24, 2.45) is 0 Å². The van der Waals surface area contributed by atoms with Crippen molar-refractivity contribution >= 4 is 23.2 Å². The van der Waals surface area contributed by atoms with E-state index in [-0.39, 0.29) is 16.3 Å². The van der Waals surface area contributed by atoms with Crippen LogP contribution in [0, 0.1) is 10.1 Å². The van der Waals surface area contributed by atoms with Gasteiger partial charge in [-0.1, -0.05) is 31.0 Å². The number of hydrogen-bond acceptors (Lipinski definition) is 4. The maximum Gasteiger partial charge on any atom is 0.300 e. The number of nitro benzene ring substituents is 1. The summed E-state index contributed by atoms with van der Waals surface area (Å²) >= 11 is 5.74. The van der Waals surface area contributed by atoms with Crippen LogP contribution in [0.15, 0.2) is 18.2 Å². The Bertz CT molecular complexity index is 479. The molecule has 0 aromatic heterocycles. The van der Waals surface area contributed by atoms with E-state index < -0.39 is 10.8 Å². The van der Waals surface area contributed by atoms with E-state index in [9.17, 15) is 14.9 Å². The predicted molar refractivity (Wildman–Crippen MR) is 76.2 cm³/mol. The molecule has 0 aliphatic rings. The number of ether oxygens (including phenoxy) is 1. The molecule has 0 atom stereocenters. The van der Waals surface area contributed by atoms with Crippen molar-refractivity contribution < 1.29 is 14.5 Å². The third-order valence-electron chi connectivity index (χ3n) is 2.59. The number of carbonyl (C=O) groups excluding carboxylic acids is 1. The van der Waals surface area contributed by atoms with Gasteiger partial charge in [0.25, 0.3) is 5.91 Å². The highest BCUT2D eigenvalue weighted by Gasteiger charge is 2.23. The number of para-hydroxylation sites is 1. The lowest BCUT2D eigenvalue weighted by atomic mass is 10.1. The molecule has 0 fully saturated rings. The first kappa shape index (κ1) is 16.4. The molecule has 0 saturated carbocycles. The lowest BCUT2D eigenvalue weighted by Crippen LogP contribution is -2.28. The molecule has 0 aliphatic carbocycles. The minimum atomic E-state index is -0.658. The quantitative estimate of drug-likeness (QED) is 0.455. The first-order chi connectivity index (χ1) is 9.57. The zero-order chi connectivity index (χ0) is 15.0. The minimum Gasteiger partial charge on any atom is -0.380 e. The summed E-state index contributed by atoms with van der Waals surface area (Å²) in [5.41, 5.74) is -0.422. The van der Waals surface area contributed by atoms with Crippen molar-refractivity contribution in [3.8, 4) is 0 Å². The first-order valence-electron chi connectivity index (χ1n) is 6.36. The largest absolute Gasteiger partial charge is 0.380 e. The van der Waals surface area contributed by atoms with Crippen molar-refractivity contribution in [2.45, 2.75) is 19.8 Å². The smallest absolute Gasteiger partial charge is 0.300 e. The maximum atomic E-state index is 11.9. The first-order valence-corrected chi connectivity index (χ1v) is 6.74. The lowest BCUT2D eigenvalue weighted by molar-refractivity contribution is -0.385. The van der Waals surface area contributed by atoms with Crippen LogP contribution >= 0.6 is 11.6 Å². The SMILES string of the molecule is CCCCOCCNC(=O)c1cccc(Cl)c1[N+](=O)[O-]. The normalized spacial score (nSPS) is 10.3. The van der Waals surface area contributed by atoms with E-state index in [1.807, 2.05) is 0 Å². The Labute approximate surface area is 122 Å². The molecule has 1 N–H and O–H groups in total. The average molecular weight is 301 g/mol. The molecule has 7 heteroatoms. The van der Waals surface area contributed by atoms with Crippen LogP contribution < -0.4 is 5.32 Å². The molecule has 0 radical (unpaired) electrons. The van der Waals surface area contributed by atoms with Gasteiger partial charge in [-0.05, 0) is 18.6 Å². The molecular weight excluding hydrogens is 284 g/mol. The van der Waals surface area contributed by atoms with Crippen LogP contribution in [-0.4, -0.2) is 30.6 Å². The summed E-state index contributed by atoms with van der Waals surface area (Å²) in [5.74, 6) is -0.529. The molecule has 0 heterocycles. The minimum absolute atomic E-state index is 0.0453. The van der Waals surface area contributed by atoms with Gasteiger partial charge >= 0.3 is 5.69 Å². The zero-order valence-electron chi connectivity index (χ0n) is 11.2. The van der Waals surface area contributed by atoms with E-state index in [4.69, 9.17) is 16.3 Å². The Morgan fingerprint density at radius 2 is 2.20 bits per heavy atom. The van der Waals surface area contributed by atoms with Crippen LogP contribution in [0.4, 0.5) is 5.69 Å². The molecule has 1 rings (SSSR count). The fraction of sp³-hybridized carbons (Fsp3) is 0.462. The summed E-state index contributed by atoms with van der Waals surface area (Å²) < 4.78 is 5.29. The van der Waals surface area contributed by atoms with Crippen molar-refractivity contribution in [1.82, 2.24) is 5.32 Å². The van der Waals surface area contributed by atoms with E-state index in [1.54, 1.807) is 0 Å². The Balaban J connectivity index is 2.56.